The minimum Gasteiger partial charge on any atom is -0.326 e. The highest BCUT2D eigenvalue weighted by Gasteiger charge is 2.36. The molecular weight excluding hydrogens is 292 g/mol. The minimum atomic E-state index is -0.375. The van der Waals surface area contributed by atoms with Crippen molar-refractivity contribution in [2.45, 2.75) is 20.8 Å². The second-order valence-electron chi connectivity index (χ2n) is 5.66. The first-order valence-corrected chi connectivity index (χ1v) is 7.26. The van der Waals surface area contributed by atoms with Crippen molar-refractivity contribution in [3.63, 3.8) is 0 Å². The number of hydrogen-bond acceptors (Lipinski definition) is 3. The molecule has 0 saturated carbocycles. The van der Waals surface area contributed by atoms with E-state index in [2.05, 4.69) is 5.32 Å². The van der Waals surface area contributed by atoms with Crippen molar-refractivity contribution in [2.24, 2.45) is 0 Å². The van der Waals surface area contributed by atoms with Gasteiger partial charge < -0.3 is 5.32 Å². The Hall–Kier alpha value is -2.95. The van der Waals surface area contributed by atoms with E-state index in [1.165, 1.54) is 17.9 Å². The normalized spacial score (nSPS) is 13.3. The fourth-order valence-corrected chi connectivity index (χ4v) is 2.62. The second kappa shape index (κ2) is 5.35. The van der Waals surface area contributed by atoms with Gasteiger partial charge in [0.1, 0.15) is 0 Å². The van der Waals surface area contributed by atoms with Crippen molar-refractivity contribution >= 4 is 29.1 Å². The summed E-state index contributed by atoms with van der Waals surface area (Å²) in [6.45, 7) is 5.30. The molecule has 2 aromatic carbocycles. The molecule has 1 aliphatic heterocycles. The Labute approximate surface area is 133 Å². The van der Waals surface area contributed by atoms with Crippen molar-refractivity contribution in [1.82, 2.24) is 0 Å². The molecule has 5 nitrogen and oxygen atoms in total. The van der Waals surface area contributed by atoms with Gasteiger partial charge in [0, 0.05) is 12.6 Å². The van der Waals surface area contributed by atoms with E-state index in [-0.39, 0.29) is 17.7 Å². The van der Waals surface area contributed by atoms with Crippen LogP contribution in [0.3, 0.4) is 0 Å². The quantitative estimate of drug-likeness (QED) is 0.867. The molecule has 5 heteroatoms. The first-order valence-electron chi connectivity index (χ1n) is 7.26. The van der Waals surface area contributed by atoms with Gasteiger partial charge in [0.2, 0.25) is 5.91 Å². The number of rotatable bonds is 2. The number of carbonyl (C=O) groups is 3. The fraction of sp³-hybridized carbons (Fsp3) is 0.167. The molecule has 0 unspecified atom stereocenters. The number of benzene rings is 2. The predicted octanol–water partition coefficient (Wildman–Crippen LogP) is 3.06. The number of imide groups is 1. The maximum atomic E-state index is 12.6. The van der Waals surface area contributed by atoms with E-state index in [1.54, 1.807) is 18.2 Å². The van der Waals surface area contributed by atoms with Gasteiger partial charge in [-0.2, -0.15) is 0 Å². The molecule has 2 aromatic rings. The molecule has 1 heterocycles. The van der Waals surface area contributed by atoms with Crippen molar-refractivity contribution < 1.29 is 14.4 Å². The molecule has 1 aliphatic rings. The Morgan fingerprint density at radius 1 is 0.913 bits per heavy atom. The molecule has 0 fully saturated rings. The fourth-order valence-electron chi connectivity index (χ4n) is 2.62. The van der Waals surface area contributed by atoms with E-state index < -0.39 is 0 Å². The van der Waals surface area contributed by atoms with Crippen LogP contribution in [0.5, 0.6) is 0 Å². The molecule has 0 bridgehead atoms. The summed E-state index contributed by atoms with van der Waals surface area (Å²) in [5.74, 6) is -0.948. The molecule has 0 atom stereocenters. The number of fused-ring (bicyclic) bond motifs is 1. The summed E-state index contributed by atoms with van der Waals surface area (Å²) in [6, 6.07) is 10.2. The van der Waals surface area contributed by atoms with E-state index >= 15 is 0 Å². The smallest absolute Gasteiger partial charge is 0.266 e. The molecule has 0 spiro atoms. The monoisotopic (exact) mass is 308 g/mol. The van der Waals surface area contributed by atoms with Gasteiger partial charge in [-0.3, -0.25) is 14.4 Å². The second-order valence-corrected chi connectivity index (χ2v) is 5.66. The molecule has 0 saturated heterocycles. The van der Waals surface area contributed by atoms with Gasteiger partial charge in [-0.15, -0.1) is 0 Å². The Balaban J connectivity index is 2.03. The lowest BCUT2D eigenvalue weighted by atomic mass is 10.1. The van der Waals surface area contributed by atoms with Crippen LogP contribution in [0.1, 0.15) is 38.8 Å². The Morgan fingerprint density at radius 3 is 2.26 bits per heavy atom. The summed E-state index contributed by atoms with van der Waals surface area (Å²) in [4.78, 5) is 37.5. The first kappa shape index (κ1) is 15.0. The molecule has 3 amide bonds. The van der Waals surface area contributed by atoms with E-state index in [0.717, 1.165) is 11.1 Å². The summed E-state index contributed by atoms with van der Waals surface area (Å²) in [5, 5.41) is 2.62. The first-order chi connectivity index (χ1) is 10.9. The summed E-state index contributed by atoms with van der Waals surface area (Å²) in [6.07, 6.45) is 0. The standard InChI is InChI=1S/C18H16N2O3/c1-10-4-6-14(8-11(10)2)20-17(22)15-7-5-13(19-12(3)21)9-16(15)18(20)23/h4-9H,1-3H3,(H,19,21). The van der Waals surface area contributed by atoms with Gasteiger partial charge in [-0.1, -0.05) is 6.07 Å². The van der Waals surface area contributed by atoms with Crippen LogP contribution in [0.15, 0.2) is 36.4 Å². The number of nitrogens with one attached hydrogen (secondary N) is 1. The van der Waals surface area contributed by atoms with Crippen LogP contribution in [-0.4, -0.2) is 17.7 Å². The molecule has 0 radical (unpaired) electrons. The molecular formula is C18H16N2O3. The number of hydrogen-bond donors (Lipinski definition) is 1. The number of anilines is 2. The highest BCUT2D eigenvalue weighted by Crippen LogP contribution is 2.31. The third-order valence-corrected chi connectivity index (χ3v) is 3.96. The molecule has 116 valence electrons. The third kappa shape index (κ3) is 2.50. The van der Waals surface area contributed by atoms with Gasteiger partial charge in [0.15, 0.2) is 0 Å². The topological polar surface area (TPSA) is 66.5 Å². The van der Waals surface area contributed by atoms with Crippen molar-refractivity contribution in [2.75, 3.05) is 10.2 Å². The van der Waals surface area contributed by atoms with E-state index in [9.17, 15) is 14.4 Å². The van der Waals surface area contributed by atoms with Gasteiger partial charge in [0.25, 0.3) is 11.8 Å². The molecule has 23 heavy (non-hydrogen) atoms. The van der Waals surface area contributed by atoms with Gasteiger partial charge in [-0.05, 0) is 55.3 Å². The number of aryl methyl sites for hydroxylation is 2. The maximum Gasteiger partial charge on any atom is 0.266 e. The molecule has 0 aromatic heterocycles. The molecule has 0 aliphatic carbocycles. The van der Waals surface area contributed by atoms with Crippen LogP contribution in [0, 0.1) is 13.8 Å². The average Bonchev–Trinajstić information content (AvgIpc) is 2.73. The lowest BCUT2D eigenvalue weighted by molar-refractivity contribution is -0.114. The van der Waals surface area contributed by atoms with Gasteiger partial charge >= 0.3 is 0 Å². The SMILES string of the molecule is CC(=O)Nc1ccc2c(c1)C(=O)N(c1ccc(C)c(C)c1)C2=O. The van der Waals surface area contributed by atoms with E-state index in [1.807, 2.05) is 26.0 Å². The maximum absolute atomic E-state index is 12.6. The van der Waals surface area contributed by atoms with Crippen molar-refractivity contribution in [3.8, 4) is 0 Å². The largest absolute Gasteiger partial charge is 0.326 e. The third-order valence-electron chi connectivity index (χ3n) is 3.96. The van der Waals surface area contributed by atoms with Crippen molar-refractivity contribution in [1.29, 1.82) is 0 Å². The highest BCUT2D eigenvalue weighted by atomic mass is 16.2. The lowest BCUT2D eigenvalue weighted by Gasteiger charge is -2.15. The lowest BCUT2D eigenvalue weighted by Crippen LogP contribution is -2.29. The molecule has 1 N–H and O–H groups in total. The zero-order valence-corrected chi connectivity index (χ0v) is 13.1. The van der Waals surface area contributed by atoms with Crippen LogP contribution >= 0.6 is 0 Å². The zero-order chi connectivity index (χ0) is 16.7. The van der Waals surface area contributed by atoms with Gasteiger partial charge in [-0.25, -0.2) is 4.90 Å². The van der Waals surface area contributed by atoms with Crippen LogP contribution in [-0.2, 0) is 4.79 Å². The van der Waals surface area contributed by atoms with E-state index in [4.69, 9.17) is 0 Å². The van der Waals surface area contributed by atoms with Crippen LogP contribution < -0.4 is 10.2 Å². The summed E-state index contributed by atoms with van der Waals surface area (Å²) >= 11 is 0. The Kier molecular flexibility index (Phi) is 3.48. The predicted molar refractivity (Wildman–Crippen MR) is 87.8 cm³/mol. The number of nitrogens with zero attached hydrogens (tertiary/aromatic N) is 1. The zero-order valence-electron chi connectivity index (χ0n) is 13.1. The van der Waals surface area contributed by atoms with Crippen LogP contribution in [0.25, 0.3) is 0 Å². The van der Waals surface area contributed by atoms with Crippen LogP contribution in [0.2, 0.25) is 0 Å². The van der Waals surface area contributed by atoms with E-state index in [0.29, 0.717) is 22.5 Å². The Bertz CT molecular complexity index is 855. The van der Waals surface area contributed by atoms with Gasteiger partial charge in [0.05, 0.1) is 16.8 Å². The number of carbonyl (C=O) groups excluding carboxylic acids is 3. The average molecular weight is 308 g/mol. The summed E-state index contributed by atoms with van der Waals surface area (Å²) in [7, 11) is 0. The molecule has 3 rings (SSSR count). The summed E-state index contributed by atoms with van der Waals surface area (Å²) < 4.78 is 0. The summed E-state index contributed by atoms with van der Waals surface area (Å²) in [5.41, 5.74) is 3.82. The van der Waals surface area contributed by atoms with Crippen LogP contribution in [0.4, 0.5) is 11.4 Å². The minimum absolute atomic E-state index is 0.229. The number of amides is 3. The van der Waals surface area contributed by atoms with Crippen molar-refractivity contribution in [3.05, 3.63) is 58.7 Å². The Morgan fingerprint density at radius 2 is 1.61 bits per heavy atom. The highest BCUT2D eigenvalue weighted by molar-refractivity contribution is 6.34.